The highest BCUT2D eigenvalue weighted by Crippen LogP contribution is 2.30. The van der Waals surface area contributed by atoms with Crippen molar-refractivity contribution in [1.82, 2.24) is 13.4 Å². The average molecular weight is 389 g/mol. The molecule has 0 amide bonds. The molecule has 2 aromatic rings. The largest absolute Gasteiger partial charge is 0.328 e. The van der Waals surface area contributed by atoms with Crippen LogP contribution in [0, 0.1) is 0 Å². The Hall–Kier alpha value is -1.16. The lowest BCUT2D eigenvalue weighted by atomic mass is 10.3. The highest BCUT2D eigenvalue weighted by Gasteiger charge is 2.32. The number of fused-ring (bicyclic) bond motifs is 1. The number of halogens is 1. The predicted molar refractivity (Wildman–Crippen MR) is 87.2 cm³/mol. The summed E-state index contributed by atoms with van der Waals surface area (Å²) in [5.74, 6) is 0. The Labute approximate surface area is 136 Å². The van der Waals surface area contributed by atoms with Crippen LogP contribution >= 0.6 is 15.9 Å². The number of rotatable bonds is 2. The van der Waals surface area contributed by atoms with E-state index in [0.717, 1.165) is 0 Å². The number of hydrogen-bond donors (Lipinski definition) is 1. The van der Waals surface area contributed by atoms with E-state index in [9.17, 15) is 13.2 Å². The van der Waals surface area contributed by atoms with Crippen molar-refractivity contribution < 1.29 is 8.42 Å². The molecule has 2 heterocycles. The lowest BCUT2D eigenvalue weighted by molar-refractivity contribution is 0.472. The Bertz CT molecular complexity index is 915. The Kier molecular flexibility index (Phi) is 3.71. The maximum absolute atomic E-state index is 12.8. The Morgan fingerprint density at radius 1 is 1.23 bits per heavy atom. The first-order valence-corrected chi connectivity index (χ1v) is 9.07. The molecule has 1 fully saturated rings. The molecular weight excluding hydrogens is 372 g/mol. The summed E-state index contributed by atoms with van der Waals surface area (Å²) < 4.78 is 30.4. The number of imidazole rings is 1. The van der Waals surface area contributed by atoms with Crippen LogP contribution in [0.1, 0.15) is 6.42 Å². The van der Waals surface area contributed by atoms with Crippen LogP contribution < -0.4 is 11.4 Å². The molecule has 0 aliphatic carbocycles. The maximum atomic E-state index is 12.8. The molecule has 0 saturated carbocycles. The molecule has 9 heteroatoms. The predicted octanol–water partition coefficient (Wildman–Crippen LogP) is 0.361. The second-order valence-electron chi connectivity index (χ2n) is 5.58. The summed E-state index contributed by atoms with van der Waals surface area (Å²) in [7, 11) is -0.349. The van der Waals surface area contributed by atoms with E-state index in [1.807, 2.05) is 0 Å². The summed E-state index contributed by atoms with van der Waals surface area (Å²) in [6.45, 7) is 0.738. The molecule has 1 saturated heterocycles. The highest BCUT2D eigenvalue weighted by molar-refractivity contribution is 9.10. The zero-order valence-corrected chi connectivity index (χ0v) is 14.7. The van der Waals surface area contributed by atoms with Gasteiger partial charge in [0.25, 0.3) is 0 Å². The minimum atomic E-state index is -3.63. The Balaban J connectivity index is 2.21. The van der Waals surface area contributed by atoms with Gasteiger partial charge in [-0.15, -0.1) is 0 Å². The molecule has 22 heavy (non-hydrogen) atoms. The molecule has 1 atom stereocenters. The van der Waals surface area contributed by atoms with E-state index in [1.54, 1.807) is 26.2 Å². The minimum Gasteiger partial charge on any atom is -0.326 e. The normalized spacial score (nSPS) is 20.1. The van der Waals surface area contributed by atoms with E-state index >= 15 is 0 Å². The second kappa shape index (κ2) is 5.19. The van der Waals surface area contributed by atoms with Crippen molar-refractivity contribution in [3.05, 3.63) is 27.1 Å². The van der Waals surface area contributed by atoms with E-state index in [1.165, 1.54) is 13.4 Å². The topological polar surface area (TPSA) is 90.3 Å². The number of benzene rings is 1. The van der Waals surface area contributed by atoms with Crippen LogP contribution in [0.4, 0.5) is 0 Å². The molecule has 1 aliphatic heterocycles. The lowest BCUT2D eigenvalue weighted by Crippen LogP contribution is -2.32. The molecule has 120 valence electrons. The average Bonchev–Trinajstić information content (AvgIpc) is 2.98. The summed E-state index contributed by atoms with van der Waals surface area (Å²) in [6.07, 6.45) is 0.656. The van der Waals surface area contributed by atoms with Gasteiger partial charge in [-0.1, -0.05) is 0 Å². The van der Waals surface area contributed by atoms with Crippen molar-refractivity contribution in [2.24, 2.45) is 19.8 Å². The van der Waals surface area contributed by atoms with E-state index in [-0.39, 0.29) is 16.6 Å². The summed E-state index contributed by atoms with van der Waals surface area (Å²) in [5.41, 5.74) is 6.87. The van der Waals surface area contributed by atoms with Crippen LogP contribution in [0.2, 0.25) is 0 Å². The quantitative estimate of drug-likeness (QED) is 0.803. The second-order valence-corrected chi connectivity index (χ2v) is 8.34. The van der Waals surface area contributed by atoms with Gasteiger partial charge in [0.1, 0.15) is 0 Å². The third kappa shape index (κ3) is 2.23. The van der Waals surface area contributed by atoms with Gasteiger partial charge >= 0.3 is 5.69 Å². The molecule has 0 spiro atoms. The zero-order valence-electron chi connectivity index (χ0n) is 12.3. The molecule has 0 bridgehead atoms. The van der Waals surface area contributed by atoms with Gasteiger partial charge in [0.15, 0.2) is 0 Å². The molecule has 1 aliphatic rings. The van der Waals surface area contributed by atoms with Gasteiger partial charge in [-0.3, -0.25) is 9.13 Å². The lowest BCUT2D eigenvalue weighted by Gasteiger charge is -2.17. The van der Waals surface area contributed by atoms with Gasteiger partial charge < -0.3 is 5.73 Å². The van der Waals surface area contributed by atoms with Gasteiger partial charge in [0.05, 0.1) is 15.9 Å². The third-order valence-electron chi connectivity index (χ3n) is 4.13. The van der Waals surface area contributed by atoms with Crippen LogP contribution in [-0.2, 0) is 24.1 Å². The van der Waals surface area contributed by atoms with Crippen molar-refractivity contribution in [3.63, 3.8) is 0 Å². The smallest absolute Gasteiger partial charge is 0.326 e. The standard InChI is InChI=1S/C13H17BrN4O3S/c1-16-10-5-9(14)12(6-11(10)17(2)13(16)19)22(20,21)18-4-3-8(15)7-18/h5-6,8H,3-4,7,15H2,1-2H3/t8-/m0/s1. The van der Waals surface area contributed by atoms with Gasteiger partial charge in [-0.2, -0.15) is 4.31 Å². The van der Waals surface area contributed by atoms with Gasteiger partial charge in [0, 0.05) is 37.7 Å². The van der Waals surface area contributed by atoms with Crippen molar-refractivity contribution in [3.8, 4) is 0 Å². The number of aromatic nitrogens is 2. The molecule has 0 radical (unpaired) electrons. The Morgan fingerprint density at radius 2 is 1.82 bits per heavy atom. The fraction of sp³-hybridized carbons (Fsp3) is 0.462. The number of aryl methyl sites for hydroxylation is 2. The monoisotopic (exact) mass is 388 g/mol. The number of hydrogen-bond acceptors (Lipinski definition) is 4. The van der Waals surface area contributed by atoms with Crippen molar-refractivity contribution in [2.45, 2.75) is 17.4 Å². The van der Waals surface area contributed by atoms with Gasteiger partial charge in [0.2, 0.25) is 10.0 Å². The van der Waals surface area contributed by atoms with E-state index in [0.29, 0.717) is 35.0 Å². The molecular formula is C13H17BrN4O3S. The maximum Gasteiger partial charge on any atom is 0.328 e. The number of sulfonamides is 1. The van der Waals surface area contributed by atoms with Gasteiger partial charge in [-0.05, 0) is 34.5 Å². The summed E-state index contributed by atoms with van der Waals surface area (Å²) in [6, 6.07) is 3.08. The highest BCUT2D eigenvalue weighted by atomic mass is 79.9. The van der Waals surface area contributed by atoms with Crippen LogP contribution in [0.5, 0.6) is 0 Å². The van der Waals surface area contributed by atoms with Crippen LogP contribution in [0.3, 0.4) is 0 Å². The van der Waals surface area contributed by atoms with Crippen molar-refractivity contribution >= 4 is 37.0 Å². The Morgan fingerprint density at radius 3 is 2.36 bits per heavy atom. The first-order chi connectivity index (χ1) is 10.2. The first kappa shape index (κ1) is 15.7. The zero-order chi connectivity index (χ0) is 16.2. The molecule has 3 rings (SSSR count). The minimum absolute atomic E-state index is 0.127. The fourth-order valence-electron chi connectivity index (χ4n) is 2.81. The summed E-state index contributed by atoms with van der Waals surface area (Å²) in [4.78, 5) is 12.2. The van der Waals surface area contributed by atoms with Crippen molar-refractivity contribution in [1.29, 1.82) is 0 Å². The number of nitrogens with two attached hydrogens (primary N) is 1. The molecule has 1 aromatic heterocycles. The van der Waals surface area contributed by atoms with Gasteiger partial charge in [-0.25, -0.2) is 13.2 Å². The molecule has 1 aromatic carbocycles. The summed E-state index contributed by atoms with van der Waals surface area (Å²) >= 11 is 3.32. The van der Waals surface area contributed by atoms with Crippen LogP contribution in [-0.4, -0.2) is 41.0 Å². The number of nitrogens with zero attached hydrogens (tertiary/aromatic N) is 3. The fourth-order valence-corrected chi connectivity index (χ4v) is 5.33. The molecule has 7 nitrogen and oxygen atoms in total. The third-order valence-corrected chi connectivity index (χ3v) is 6.95. The van der Waals surface area contributed by atoms with Crippen LogP contribution in [0.25, 0.3) is 11.0 Å². The summed E-state index contributed by atoms with van der Waals surface area (Å²) in [5, 5.41) is 0. The molecule has 2 N–H and O–H groups in total. The SMILES string of the molecule is Cn1c(=O)n(C)c2cc(S(=O)(=O)N3CC[C@H](N)C3)c(Br)cc21. The van der Waals surface area contributed by atoms with Crippen LogP contribution in [0.15, 0.2) is 26.3 Å². The first-order valence-electron chi connectivity index (χ1n) is 6.84. The van der Waals surface area contributed by atoms with E-state index in [4.69, 9.17) is 5.73 Å². The van der Waals surface area contributed by atoms with E-state index < -0.39 is 10.0 Å². The molecule has 0 unspecified atom stereocenters. The van der Waals surface area contributed by atoms with Crippen molar-refractivity contribution in [2.75, 3.05) is 13.1 Å². The van der Waals surface area contributed by atoms with E-state index in [2.05, 4.69) is 15.9 Å².